The lowest BCUT2D eigenvalue weighted by atomic mass is 10.1. The molecule has 0 heterocycles. The molecule has 0 saturated carbocycles. The molecule has 0 N–H and O–H groups in total. The molecule has 0 bridgehead atoms. The summed E-state index contributed by atoms with van der Waals surface area (Å²) in [6, 6.07) is 0. The Labute approximate surface area is 132 Å². The maximum absolute atomic E-state index is 11.7. The van der Waals surface area contributed by atoms with Crippen LogP contribution < -0.4 is 0 Å². The number of hydrogen-bond donors (Lipinski definition) is 0. The van der Waals surface area contributed by atoms with E-state index in [1.54, 1.807) is 0 Å². The minimum absolute atomic E-state index is 0.0102. The van der Waals surface area contributed by atoms with Crippen molar-refractivity contribution in [3.8, 4) is 0 Å². The molecule has 0 spiro atoms. The second-order valence-electron chi connectivity index (χ2n) is 7.35. The highest BCUT2D eigenvalue weighted by Gasteiger charge is 2.17. The predicted octanol–water partition coefficient (Wildman–Crippen LogP) is 4.55. The van der Waals surface area contributed by atoms with E-state index in [1.165, 1.54) is 44.9 Å². The zero-order valence-corrected chi connectivity index (χ0v) is 15.1. The van der Waals surface area contributed by atoms with Crippen molar-refractivity contribution in [2.75, 3.05) is 27.7 Å². The number of nitrogens with zero attached hydrogens (tertiary/aromatic N) is 1. The lowest BCUT2D eigenvalue weighted by Gasteiger charge is -2.27. The van der Waals surface area contributed by atoms with Gasteiger partial charge in [0.2, 0.25) is 0 Å². The number of carbonyl (C=O) groups is 1. The highest BCUT2D eigenvalue weighted by molar-refractivity contribution is 5.69. The summed E-state index contributed by atoms with van der Waals surface area (Å²) in [5, 5.41) is 0. The molecule has 0 rings (SSSR count). The van der Waals surface area contributed by atoms with Crippen molar-refractivity contribution < 1.29 is 14.0 Å². The molecule has 3 nitrogen and oxygen atoms in total. The molecule has 0 aromatic heterocycles. The van der Waals surface area contributed by atoms with Gasteiger partial charge in [-0.15, -0.1) is 0 Å². The minimum atomic E-state index is -0.0288. The topological polar surface area (TPSA) is 26.3 Å². The Morgan fingerprint density at radius 3 is 1.86 bits per heavy atom. The molecule has 0 aliphatic heterocycles. The van der Waals surface area contributed by atoms with Gasteiger partial charge >= 0.3 is 5.97 Å². The van der Waals surface area contributed by atoms with Gasteiger partial charge in [0.05, 0.1) is 21.1 Å². The van der Waals surface area contributed by atoms with Crippen LogP contribution in [0.4, 0.5) is 0 Å². The first-order valence-electron chi connectivity index (χ1n) is 8.85. The normalized spacial score (nSPS) is 13.2. The minimum Gasteiger partial charge on any atom is -0.457 e. The van der Waals surface area contributed by atoms with E-state index in [1.807, 2.05) is 6.92 Å². The van der Waals surface area contributed by atoms with E-state index in [0.717, 1.165) is 23.9 Å². The fourth-order valence-corrected chi connectivity index (χ4v) is 2.67. The van der Waals surface area contributed by atoms with Crippen molar-refractivity contribution in [1.29, 1.82) is 0 Å². The van der Waals surface area contributed by atoms with Gasteiger partial charge in [-0.2, -0.15) is 0 Å². The fraction of sp³-hybridized carbons (Fsp3) is 0.944. The van der Waals surface area contributed by atoms with E-state index in [2.05, 4.69) is 28.1 Å². The Hall–Kier alpha value is -0.570. The van der Waals surface area contributed by atoms with Crippen molar-refractivity contribution >= 4 is 5.97 Å². The second kappa shape index (κ2) is 12.0. The van der Waals surface area contributed by atoms with E-state index < -0.39 is 0 Å². The van der Waals surface area contributed by atoms with Crippen LogP contribution >= 0.6 is 0 Å². The van der Waals surface area contributed by atoms with Crippen LogP contribution in [0.2, 0.25) is 0 Å². The lowest BCUT2D eigenvalue weighted by Crippen LogP contribution is -2.41. The number of likely N-dealkylation sites (N-methyl/N-ethyl adjacent to an activating group) is 1. The Balaban J connectivity index is 3.42. The van der Waals surface area contributed by atoms with Gasteiger partial charge in [-0.05, 0) is 13.3 Å². The molecule has 21 heavy (non-hydrogen) atoms. The lowest BCUT2D eigenvalue weighted by molar-refractivity contribution is -0.873. The van der Waals surface area contributed by atoms with Crippen LogP contribution in [0.3, 0.4) is 0 Å². The van der Waals surface area contributed by atoms with Crippen molar-refractivity contribution in [1.82, 2.24) is 0 Å². The number of quaternary nitrogens is 1. The highest BCUT2D eigenvalue weighted by atomic mass is 16.5. The van der Waals surface area contributed by atoms with Crippen LogP contribution in [0.5, 0.6) is 0 Å². The SMILES string of the molecule is CCCCCCCCCCCC(=O)OC(C)C[N+](C)(C)C. The van der Waals surface area contributed by atoms with Gasteiger partial charge in [0.15, 0.2) is 0 Å². The summed E-state index contributed by atoms with van der Waals surface area (Å²) < 4.78 is 6.27. The van der Waals surface area contributed by atoms with Crippen molar-refractivity contribution in [3.63, 3.8) is 0 Å². The smallest absolute Gasteiger partial charge is 0.306 e. The largest absolute Gasteiger partial charge is 0.457 e. The summed E-state index contributed by atoms with van der Waals surface area (Å²) >= 11 is 0. The summed E-state index contributed by atoms with van der Waals surface area (Å²) in [6.45, 7) is 5.10. The van der Waals surface area contributed by atoms with Gasteiger partial charge in [-0.1, -0.05) is 58.3 Å². The molecule has 126 valence electrons. The number of ether oxygens (including phenoxy) is 1. The number of rotatable bonds is 13. The average Bonchev–Trinajstić information content (AvgIpc) is 2.34. The second-order valence-corrected chi connectivity index (χ2v) is 7.35. The van der Waals surface area contributed by atoms with Crippen LogP contribution in [0.15, 0.2) is 0 Å². The van der Waals surface area contributed by atoms with Crippen molar-refractivity contribution in [2.45, 2.75) is 84.2 Å². The standard InChI is InChI=1S/C18H38NO2/c1-6-7-8-9-10-11-12-13-14-15-18(20)21-17(2)16-19(3,4)5/h17H,6-16H2,1-5H3/q+1. The molecule has 0 amide bonds. The van der Waals surface area contributed by atoms with E-state index in [9.17, 15) is 4.79 Å². The Morgan fingerprint density at radius 2 is 1.38 bits per heavy atom. The van der Waals surface area contributed by atoms with Gasteiger partial charge in [-0.3, -0.25) is 4.79 Å². The van der Waals surface area contributed by atoms with E-state index >= 15 is 0 Å². The molecular formula is C18H38NO2+. The summed E-state index contributed by atoms with van der Waals surface area (Å²) in [4.78, 5) is 11.7. The van der Waals surface area contributed by atoms with Gasteiger partial charge in [0.25, 0.3) is 0 Å². The summed E-state index contributed by atoms with van der Waals surface area (Å²) in [5.74, 6) is -0.0288. The quantitative estimate of drug-likeness (QED) is 0.283. The molecule has 0 aliphatic rings. The average molecular weight is 301 g/mol. The third kappa shape index (κ3) is 15.6. The number of unbranched alkanes of at least 4 members (excludes halogenated alkanes) is 8. The van der Waals surface area contributed by atoms with Crippen LogP contribution in [0.1, 0.15) is 78.1 Å². The monoisotopic (exact) mass is 300 g/mol. The third-order valence-corrected chi connectivity index (χ3v) is 3.62. The molecule has 0 radical (unpaired) electrons. The van der Waals surface area contributed by atoms with Crippen LogP contribution in [0.25, 0.3) is 0 Å². The summed E-state index contributed by atoms with van der Waals surface area (Å²) in [7, 11) is 6.35. The predicted molar refractivity (Wildman–Crippen MR) is 90.3 cm³/mol. The molecule has 0 fully saturated rings. The number of hydrogen-bond acceptors (Lipinski definition) is 2. The molecule has 0 saturated heterocycles. The van der Waals surface area contributed by atoms with E-state index in [-0.39, 0.29) is 12.1 Å². The molecule has 1 atom stereocenters. The first kappa shape index (κ1) is 20.4. The Bertz CT molecular complexity index is 258. The maximum Gasteiger partial charge on any atom is 0.306 e. The van der Waals surface area contributed by atoms with Crippen LogP contribution in [0, 0.1) is 0 Å². The van der Waals surface area contributed by atoms with Crippen LogP contribution in [-0.2, 0) is 9.53 Å². The van der Waals surface area contributed by atoms with Crippen molar-refractivity contribution in [3.05, 3.63) is 0 Å². The Morgan fingerprint density at radius 1 is 0.905 bits per heavy atom. The van der Waals surface area contributed by atoms with Gasteiger partial charge in [0, 0.05) is 6.42 Å². The first-order chi connectivity index (χ1) is 9.85. The van der Waals surface area contributed by atoms with E-state index in [4.69, 9.17) is 4.74 Å². The molecule has 3 heteroatoms. The summed E-state index contributed by atoms with van der Waals surface area (Å²) in [6.07, 6.45) is 12.1. The zero-order chi connectivity index (χ0) is 16.1. The van der Waals surface area contributed by atoms with Crippen LogP contribution in [-0.4, -0.2) is 44.2 Å². The molecule has 1 unspecified atom stereocenters. The first-order valence-corrected chi connectivity index (χ1v) is 8.85. The maximum atomic E-state index is 11.7. The fourth-order valence-electron chi connectivity index (χ4n) is 2.67. The summed E-state index contributed by atoms with van der Waals surface area (Å²) in [5.41, 5.74) is 0. The van der Waals surface area contributed by atoms with Gasteiger partial charge in [-0.25, -0.2) is 0 Å². The van der Waals surface area contributed by atoms with Gasteiger partial charge < -0.3 is 9.22 Å². The molecule has 0 aliphatic carbocycles. The molecule has 0 aromatic rings. The third-order valence-electron chi connectivity index (χ3n) is 3.62. The van der Waals surface area contributed by atoms with E-state index in [0.29, 0.717) is 6.42 Å². The van der Waals surface area contributed by atoms with Crippen molar-refractivity contribution in [2.24, 2.45) is 0 Å². The molecule has 0 aromatic carbocycles. The Kier molecular flexibility index (Phi) is 11.7. The highest BCUT2D eigenvalue weighted by Crippen LogP contribution is 2.11. The number of esters is 1. The number of carbonyl (C=O) groups excluding carboxylic acids is 1. The van der Waals surface area contributed by atoms with Gasteiger partial charge in [0.1, 0.15) is 12.6 Å². The zero-order valence-electron chi connectivity index (χ0n) is 15.1. The molecular weight excluding hydrogens is 262 g/mol.